The van der Waals surface area contributed by atoms with E-state index in [1.807, 2.05) is 13.8 Å². The van der Waals surface area contributed by atoms with E-state index < -0.39 is 23.8 Å². The van der Waals surface area contributed by atoms with Crippen LogP contribution in [0, 0.1) is 24.7 Å². The summed E-state index contributed by atoms with van der Waals surface area (Å²) in [5.41, 5.74) is 7.92. The quantitative estimate of drug-likeness (QED) is 0.415. The van der Waals surface area contributed by atoms with Gasteiger partial charge in [0.25, 0.3) is 0 Å². The van der Waals surface area contributed by atoms with Gasteiger partial charge in [0.2, 0.25) is 0 Å². The fourth-order valence-corrected chi connectivity index (χ4v) is 2.42. The molecule has 8 heteroatoms. The summed E-state index contributed by atoms with van der Waals surface area (Å²) in [5.74, 6) is -2.64. The number of carbonyl (C=O) groups is 3. The summed E-state index contributed by atoms with van der Waals surface area (Å²) in [6, 6.07) is 5.80. The van der Waals surface area contributed by atoms with Crippen molar-refractivity contribution in [2.24, 2.45) is 17.8 Å². The Hall–Kier alpha value is -0.578. The SMILES string of the molecule is [CH2-][C@@H](Cc1ccc(O)cc1)C(=O)N[C@H](C(=O)C[C@@H](C)C([NH-])=O)C(C)C.[W].[Y]. The Morgan fingerprint density at radius 3 is 2.11 bits per heavy atom. The van der Waals surface area contributed by atoms with E-state index in [2.05, 4.69) is 12.2 Å². The van der Waals surface area contributed by atoms with E-state index in [1.54, 1.807) is 24.3 Å². The fraction of sp³-hybridized carbons (Fsp3) is 0.474. The van der Waals surface area contributed by atoms with Gasteiger partial charge in [0.05, 0.1) is 11.9 Å². The Morgan fingerprint density at radius 2 is 1.67 bits per heavy atom. The second-order valence-corrected chi connectivity index (χ2v) is 6.73. The maximum atomic E-state index is 12.4. The number of Topliss-reactive ketones (excluding diaryl/α,β-unsaturated/α-hetero) is 1. The van der Waals surface area contributed by atoms with E-state index in [1.165, 1.54) is 6.92 Å². The van der Waals surface area contributed by atoms with Crippen LogP contribution in [0.2, 0.25) is 0 Å². The van der Waals surface area contributed by atoms with Gasteiger partial charge in [0.1, 0.15) is 5.75 Å². The van der Waals surface area contributed by atoms with Crippen molar-refractivity contribution >= 4 is 17.6 Å². The molecule has 0 aliphatic heterocycles. The average Bonchev–Trinajstić information content (AvgIpc) is 2.53. The van der Waals surface area contributed by atoms with Crippen LogP contribution in [0.15, 0.2) is 24.3 Å². The molecule has 1 radical (unpaired) electrons. The number of phenols is 1. The Balaban J connectivity index is 0. The molecule has 0 spiro atoms. The van der Waals surface area contributed by atoms with Crippen molar-refractivity contribution in [2.45, 2.75) is 39.7 Å². The maximum absolute atomic E-state index is 12.4. The Labute approximate surface area is 200 Å². The molecule has 1 aromatic carbocycles. The maximum Gasteiger partial charge on any atom is 0.193 e. The molecule has 3 N–H and O–H groups in total. The molecule has 0 aliphatic carbocycles. The summed E-state index contributed by atoms with van der Waals surface area (Å²) >= 11 is 0. The minimum absolute atomic E-state index is 0. The number of phenolic OH excluding ortho intramolecular Hbond substituents is 1. The largest absolute Gasteiger partial charge is 0.668 e. The Morgan fingerprint density at radius 1 is 1.15 bits per heavy atom. The standard InChI is InChI=1S/C19H27N2O4.W.Y/c1-11(2)17(16(23)10-12(3)18(20)24)21-19(25)13(4)9-14-5-7-15(22)8-6-14;;/h5-8,11-13,17H,4,9-10H2,1-3H3,(H4,20,21,22,24,25);;/q-1;;/p-1/t12-,13+,17+;;/m1../s1. The predicted octanol–water partition coefficient (Wildman–Crippen LogP) is 2.69. The van der Waals surface area contributed by atoms with Gasteiger partial charge in [0, 0.05) is 66.1 Å². The first kappa shape index (κ1) is 28.6. The number of nitrogens with one attached hydrogen (secondary N) is 2. The topological polar surface area (TPSA) is 107 Å². The van der Waals surface area contributed by atoms with Gasteiger partial charge in [-0.15, -0.1) is 0 Å². The van der Waals surface area contributed by atoms with Crippen LogP contribution in [0.5, 0.6) is 5.75 Å². The normalized spacial score (nSPS) is 13.5. The molecule has 0 unspecified atom stereocenters. The van der Waals surface area contributed by atoms with Crippen LogP contribution in [0.25, 0.3) is 5.73 Å². The second-order valence-electron chi connectivity index (χ2n) is 6.73. The van der Waals surface area contributed by atoms with Crippen LogP contribution in [0.3, 0.4) is 0 Å². The van der Waals surface area contributed by atoms with Gasteiger partial charge < -0.3 is 27.9 Å². The van der Waals surface area contributed by atoms with Crippen LogP contribution in [0.1, 0.15) is 32.8 Å². The van der Waals surface area contributed by atoms with E-state index in [0.29, 0.717) is 6.42 Å². The summed E-state index contributed by atoms with van der Waals surface area (Å²) in [4.78, 5) is 35.8. The van der Waals surface area contributed by atoms with Gasteiger partial charge in [-0.05, 0) is 30.0 Å². The minimum atomic E-state index is -0.787. The van der Waals surface area contributed by atoms with Crippen molar-refractivity contribution in [3.8, 4) is 5.75 Å². The first-order valence-corrected chi connectivity index (χ1v) is 8.31. The molecule has 0 saturated heterocycles. The average molecular weight is 619 g/mol. The molecule has 27 heavy (non-hydrogen) atoms. The molecule has 0 bridgehead atoms. The molecule has 147 valence electrons. The van der Waals surface area contributed by atoms with Gasteiger partial charge in [-0.3, -0.25) is 9.59 Å². The van der Waals surface area contributed by atoms with Crippen molar-refractivity contribution in [2.75, 3.05) is 0 Å². The van der Waals surface area contributed by atoms with Crippen molar-refractivity contribution in [1.29, 1.82) is 0 Å². The molecule has 0 aromatic heterocycles. The molecule has 3 atom stereocenters. The van der Waals surface area contributed by atoms with Crippen LogP contribution >= 0.6 is 0 Å². The van der Waals surface area contributed by atoms with Gasteiger partial charge in [0.15, 0.2) is 11.7 Å². The van der Waals surface area contributed by atoms with E-state index in [9.17, 15) is 19.5 Å². The van der Waals surface area contributed by atoms with Gasteiger partial charge in [-0.2, -0.15) is 0 Å². The number of benzene rings is 1. The van der Waals surface area contributed by atoms with Crippen LogP contribution in [-0.4, -0.2) is 28.7 Å². The molecule has 1 rings (SSSR count). The molecular formula is C19H26N2O4WY-2. The number of hydrogen-bond acceptors (Lipinski definition) is 4. The molecule has 2 amide bonds. The summed E-state index contributed by atoms with van der Waals surface area (Å²) in [5, 5.41) is 12.0. The third kappa shape index (κ3) is 9.96. The van der Waals surface area contributed by atoms with E-state index >= 15 is 0 Å². The number of amides is 2. The van der Waals surface area contributed by atoms with Gasteiger partial charge >= 0.3 is 0 Å². The van der Waals surface area contributed by atoms with Crippen molar-refractivity contribution < 1.29 is 73.3 Å². The van der Waals surface area contributed by atoms with Gasteiger partial charge in [-0.25, -0.2) is 0 Å². The molecule has 0 aliphatic rings. The third-order valence-electron chi connectivity index (χ3n) is 4.06. The molecule has 0 fully saturated rings. The minimum Gasteiger partial charge on any atom is -0.668 e. The van der Waals surface area contributed by atoms with Crippen molar-refractivity contribution in [3.63, 3.8) is 0 Å². The van der Waals surface area contributed by atoms with Crippen LogP contribution < -0.4 is 5.32 Å². The Bertz CT molecular complexity index is 623. The Kier molecular flexibility index (Phi) is 14.4. The van der Waals surface area contributed by atoms with E-state index in [4.69, 9.17) is 5.73 Å². The molecule has 1 aromatic rings. The first-order valence-electron chi connectivity index (χ1n) is 8.31. The predicted molar refractivity (Wildman–Crippen MR) is 95.5 cm³/mol. The monoisotopic (exact) mass is 619 g/mol. The number of aromatic hydroxyl groups is 1. The number of ketones is 1. The number of rotatable bonds is 9. The molecule has 6 nitrogen and oxygen atoms in total. The molecular weight excluding hydrogens is 593 g/mol. The summed E-state index contributed by atoms with van der Waals surface area (Å²) < 4.78 is 0. The first-order chi connectivity index (χ1) is 11.6. The summed E-state index contributed by atoms with van der Waals surface area (Å²) in [7, 11) is 0. The fourth-order valence-electron chi connectivity index (χ4n) is 2.42. The number of carbonyl (C=O) groups excluding carboxylic acids is 3. The zero-order chi connectivity index (χ0) is 19.1. The van der Waals surface area contributed by atoms with Crippen molar-refractivity contribution in [1.82, 2.24) is 5.32 Å². The van der Waals surface area contributed by atoms with Crippen LogP contribution in [0.4, 0.5) is 0 Å². The second kappa shape index (κ2) is 13.6. The van der Waals surface area contributed by atoms with Crippen molar-refractivity contribution in [3.05, 3.63) is 42.5 Å². The van der Waals surface area contributed by atoms with Gasteiger partial charge in [-0.1, -0.05) is 38.8 Å². The zero-order valence-corrected chi connectivity index (χ0v) is 21.7. The molecule has 0 heterocycles. The zero-order valence-electron chi connectivity index (χ0n) is 15.9. The van der Waals surface area contributed by atoms with E-state index in [0.717, 1.165) is 5.56 Å². The number of hydrogen-bond donors (Lipinski definition) is 2. The third-order valence-corrected chi connectivity index (χ3v) is 4.06. The van der Waals surface area contributed by atoms with E-state index in [-0.39, 0.29) is 83.6 Å². The summed E-state index contributed by atoms with van der Waals surface area (Å²) in [6.07, 6.45) is 0.317. The summed E-state index contributed by atoms with van der Waals surface area (Å²) in [6.45, 7) is 9.00. The smallest absolute Gasteiger partial charge is 0.193 e. The van der Waals surface area contributed by atoms with Crippen LogP contribution in [-0.2, 0) is 74.6 Å². The molecule has 0 saturated carbocycles.